The highest BCUT2D eigenvalue weighted by Crippen LogP contribution is 2.27. The maximum Gasteiger partial charge on any atom is 0.239 e. The van der Waals surface area contributed by atoms with Gasteiger partial charge in [-0.3, -0.25) is 14.4 Å². The average molecular weight is 354 g/mol. The highest BCUT2D eigenvalue weighted by atomic mass is 16.5. The molecule has 0 aliphatic carbocycles. The Kier molecular flexibility index (Phi) is 5.77. The van der Waals surface area contributed by atoms with E-state index in [0.717, 1.165) is 0 Å². The summed E-state index contributed by atoms with van der Waals surface area (Å²) in [5, 5.41) is 5.42. The van der Waals surface area contributed by atoms with Crippen molar-refractivity contribution in [2.24, 2.45) is 5.41 Å². The molecule has 2 aromatic rings. The van der Waals surface area contributed by atoms with Gasteiger partial charge in [0, 0.05) is 11.3 Å². The molecule has 2 aromatic carbocycles. The lowest BCUT2D eigenvalue weighted by Crippen LogP contribution is -2.41. The number of rotatable bonds is 6. The predicted octanol–water partition coefficient (Wildman–Crippen LogP) is 3.50. The van der Waals surface area contributed by atoms with Crippen molar-refractivity contribution in [1.29, 1.82) is 0 Å². The van der Waals surface area contributed by atoms with Gasteiger partial charge in [0.25, 0.3) is 0 Å². The molecule has 0 aliphatic rings. The Balaban J connectivity index is 2.10. The van der Waals surface area contributed by atoms with Crippen LogP contribution in [0.1, 0.15) is 31.1 Å². The minimum Gasteiger partial charge on any atom is -0.495 e. The quantitative estimate of drug-likeness (QED) is 0.614. The fourth-order valence-corrected chi connectivity index (χ4v) is 2.21. The van der Waals surface area contributed by atoms with E-state index < -0.39 is 17.2 Å². The highest BCUT2D eigenvalue weighted by Gasteiger charge is 2.36. The predicted molar refractivity (Wildman–Crippen MR) is 100 cm³/mol. The van der Waals surface area contributed by atoms with E-state index in [1.807, 2.05) is 0 Å². The first-order valence-electron chi connectivity index (χ1n) is 8.12. The van der Waals surface area contributed by atoms with Crippen molar-refractivity contribution in [1.82, 2.24) is 0 Å². The molecule has 0 aromatic heterocycles. The number of ether oxygens (including phenoxy) is 1. The highest BCUT2D eigenvalue weighted by molar-refractivity contribution is 6.14. The van der Waals surface area contributed by atoms with Crippen LogP contribution in [-0.4, -0.2) is 24.7 Å². The maximum absolute atomic E-state index is 12.6. The van der Waals surface area contributed by atoms with Crippen molar-refractivity contribution in [3.8, 4) is 5.75 Å². The Morgan fingerprint density at radius 2 is 1.46 bits per heavy atom. The van der Waals surface area contributed by atoms with Crippen LogP contribution >= 0.6 is 0 Å². The molecule has 2 N–H and O–H groups in total. The molecule has 0 fully saturated rings. The Bertz CT molecular complexity index is 826. The van der Waals surface area contributed by atoms with Crippen molar-refractivity contribution in [3.63, 3.8) is 0 Å². The number of carbonyl (C=O) groups is 3. The number of carbonyl (C=O) groups excluding carboxylic acids is 3. The van der Waals surface area contributed by atoms with Crippen LogP contribution < -0.4 is 15.4 Å². The molecular weight excluding hydrogens is 332 g/mol. The standard InChI is InChI=1S/C20H22N2O4/c1-13(23)14-9-11-15(12-10-14)21-18(24)20(2,3)19(25)22-16-7-5-6-8-17(16)26-4/h5-12H,1-4H3,(H,21,24)(H,22,25). The third-order valence-electron chi connectivity index (χ3n) is 4.04. The molecule has 0 atom stereocenters. The Hall–Kier alpha value is -3.15. The van der Waals surface area contributed by atoms with Gasteiger partial charge in [-0.05, 0) is 57.2 Å². The van der Waals surface area contributed by atoms with Gasteiger partial charge < -0.3 is 15.4 Å². The second-order valence-electron chi connectivity index (χ2n) is 6.37. The number of ketones is 1. The molecular formula is C20H22N2O4. The number of para-hydroxylation sites is 2. The molecule has 6 heteroatoms. The minimum atomic E-state index is -1.32. The van der Waals surface area contributed by atoms with Crippen LogP contribution in [-0.2, 0) is 9.59 Å². The third-order valence-corrected chi connectivity index (χ3v) is 4.04. The van der Waals surface area contributed by atoms with E-state index in [-0.39, 0.29) is 5.78 Å². The molecule has 26 heavy (non-hydrogen) atoms. The normalized spacial score (nSPS) is 10.8. The van der Waals surface area contributed by atoms with Crippen LogP contribution in [0.2, 0.25) is 0 Å². The van der Waals surface area contributed by atoms with Gasteiger partial charge in [-0.2, -0.15) is 0 Å². The molecule has 0 saturated carbocycles. The first-order chi connectivity index (χ1) is 12.3. The Morgan fingerprint density at radius 1 is 0.885 bits per heavy atom. The first-order valence-corrected chi connectivity index (χ1v) is 8.12. The van der Waals surface area contributed by atoms with Crippen LogP contribution in [0.4, 0.5) is 11.4 Å². The van der Waals surface area contributed by atoms with Crippen molar-refractivity contribution >= 4 is 29.0 Å². The molecule has 0 radical (unpaired) electrons. The molecule has 0 heterocycles. The molecule has 136 valence electrons. The van der Waals surface area contributed by atoms with Gasteiger partial charge in [0.15, 0.2) is 5.78 Å². The molecule has 2 rings (SSSR count). The lowest BCUT2D eigenvalue weighted by molar-refractivity contribution is -0.135. The van der Waals surface area contributed by atoms with E-state index >= 15 is 0 Å². The van der Waals surface area contributed by atoms with Crippen LogP contribution in [0, 0.1) is 5.41 Å². The lowest BCUT2D eigenvalue weighted by Gasteiger charge is -2.23. The fraction of sp³-hybridized carbons (Fsp3) is 0.250. The van der Waals surface area contributed by atoms with E-state index in [1.54, 1.807) is 48.5 Å². The van der Waals surface area contributed by atoms with Gasteiger partial charge in [0.05, 0.1) is 12.8 Å². The Morgan fingerprint density at radius 3 is 2.04 bits per heavy atom. The van der Waals surface area contributed by atoms with E-state index in [2.05, 4.69) is 10.6 Å². The monoisotopic (exact) mass is 354 g/mol. The molecule has 0 saturated heterocycles. The van der Waals surface area contributed by atoms with Crippen LogP contribution in [0.25, 0.3) is 0 Å². The fourth-order valence-electron chi connectivity index (χ4n) is 2.21. The zero-order chi connectivity index (χ0) is 19.3. The number of Topliss-reactive ketones (excluding diaryl/α,β-unsaturated/α-hetero) is 1. The van der Waals surface area contributed by atoms with E-state index in [4.69, 9.17) is 4.74 Å². The van der Waals surface area contributed by atoms with Crippen molar-refractivity contribution in [2.45, 2.75) is 20.8 Å². The lowest BCUT2D eigenvalue weighted by atomic mass is 9.90. The Labute approximate surface area is 152 Å². The third kappa shape index (κ3) is 4.27. The minimum absolute atomic E-state index is 0.0561. The van der Waals surface area contributed by atoms with Crippen molar-refractivity contribution in [3.05, 3.63) is 54.1 Å². The average Bonchev–Trinajstić information content (AvgIpc) is 2.62. The number of hydrogen-bond donors (Lipinski definition) is 2. The number of nitrogens with one attached hydrogen (secondary N) is 2. The molecule has 0 bridgehead atoms. The summed E-state index contributed by atoms with van der Waals surface area (Å²) in [5.41, 5.74) is 0.237. The van der Waals surface area contributed by atoms with E-state index in [9.17, 15) is 14.4 Å². The van der Waals surface area contributed by atoms with Crippen molar-refractivity contribution in [2.75, 3.05) is 17.7 Å². The SMILES string of the molecule is COc1ccccc1NC(=O)C(C)(C)C(=O)Nc1ccc(C(C)=O)cc1. The van der Waals surface area contributed by atoms with E-state index in [0.29, 0.717) is 22.7 Å². The molecule has 0 unspecified atom stereocenters. The summed E-state index contributed by atoms with van der Waals surface area (Å²) >= 11 is 0. The summed E-state index contributed by atoms with van der Waals surface area (Å²) < 4.78 is 5.20. The van der Waals surface area contributed by atoms with Gasteiger partial charge in [-0.1, -0.05) is 12.1 Å². The second kappa shape index (κ2) is 7.82. The molecule has 2 amide bonds. The van der Waals surface area contributed by atoms with E-state index in [1.165, 1.54) is 27.9 Å². The second-order valence-corrected chi connectivity index (χ2v) is 6.37. The maximum atomic E-state index is 12.6. The smallest absolute Gasteiger partial charge is 0.239 e. The summed E-state index contributed by atoms with van der Waals surface area (Å²) in [6.45, 7) is 4.55. The number of amides is 2. The largest absolute Gasteiger partial charge is 0.495 e. The summed E-state index contributed by atoms with van der Waals surface area (Å²) in [6, 6.07) is 13.5. The van der Waals surface area contributed by atoms with Gasteiger partial charge in [-0.25, -0.2) is 0 Å². The summed E-state index contributed by atoms with van der Waals surface area (Å²) in [7, 11) is 1.51. The zero-order valence-electron chi connectivity index (χ0n) is 15.3. The van der Waals surface area contributed by atoms with Gasteiger partial charge >= 0.3 is 0 Å². The van der Waals surface area contributed by atoms with Gasteiger partial charge in [-0.15, -0.1) is 0 Å². The first kappa shape index (κ1) is 19.2. The van der Waals surface area contributed by atoms with Crippen LogP contribution in [0.15, 0.2) is 48.5 Å². The molecule has 0 aliphatic heterocycles. The number of hydrogen-bond acceptors (Lipinski definition) is 4. The molecule has 0 spiro atoms. The number of anilines is 2. The molecule has 6 nitrogen and oxygen atoms in total. The topological polar surface area (TPSA) is 84.5 Å². The summed E-state index contributed by atoms with van der Waals surface area (Å²) in [4.78, 5) is 36.5. The summed E-state index contributed by atoms with van der Waals surface area (Å²) in [6.07, 6.45) is 0. The zero-order valence-corrected chi connectivity index (χ0v) is 15.3. The van der Waals surface area contributed by atoms with Crippen LogP contribution in [0.3, 0.4) is 0 Å². The van der Waals surface area contributed by atoms with Gasteiger partial charge in [0.2, 0.25) is 11.8 Å². The van der Waals surface area contributed by atoms with Gasteiger partial charge in [0.1, 0.15) is 11.2 Å². The number of benzene rings is 2. The van der Waals surface area contributed by atoms with Crippen molar-refractivity contribution < 1.29 is 19.1 Å². The van der Waals surface area contributed by atoms with Crippen LogP contribution in [0.5, 0.6) is 5.75 Å². The summed E-state index contributed by atoms with van der Waals surface area (Å²) in [5.74, 6) is -0.461. The number of methoxy groups -OCH3 is 1.